The first-order valence-corrected chi connectivity index (χ1v) is 13.1. The van der Waals surface area contributed by atoms with Crippen LogP contribution < -0.4 is 9.64 Å². The quantitative estimate of drug-likeness (QED) is 0.304. The second-order valence-corrected chi connectivity index (χ2v) is 10.3. The number of halogens is 4. The lowest BCUT2D eigenvalue weighted by Crippen LogP contribution is -2.57. The number of hydrogen-bond donors (Lipinski definition) is 0. The van der Waals surface area contributed by atoms with Crippen LogP contribution in [0.25, 0.3) is 32.8 Å². The van der Waals surface area contributed by atoms with Gasteiger partial charge in [-0.25, -0.2) is 13.2 Å². The van der Waals surface area contributed by atoms with Crippen molar-refractivity contribution in [3.63, 3.8) is 0 Å². The molecule has 3 aromatic carbocycles. The summed E-state index contributed by atoms with van der Waals surface area (Å²) in [5.74, 6) is -2.82. The van der Waals surface area contributed by atoms with Crippen LogP contribution in [0.15, 0.2) is 48.5 Å². The number of anilines is 1. The van der Waals surface area contributed by atoms with Gasteiger partial charge in [0.2, 0.25) is 6.41 Å². The minimum atomic E-state index is -2.67. The molecule has 1 aromatic heterocycles. The van der Waals surface area contributed by atoms with Crippen LogP contribution in [0.1, 0.15) is 0 Å². The van der Waals surface area contributed by atoms with Gasteiger partial charge in [0.1, 0.15) is 17.9 Å². The highest BCUT2D eigenvalue weighted by Gasteiger charge is 2.43. The van der Waals surface area contributed by atoms with Gasteiger partial charge in [-0.15, -0.1) is 0 Å². The molecular formula is C28H25ClF3N5O2. The van der Waals surface area contributed by atoms with Crippen molar-refractivity contribution in [3.05, 3.63) is 59.4 Å². The van der Waals surface area contributed by atoms with E-state index in [1.807, 2.05) is 47.4 Å². The molecule has 0 saturated carbocycles. The second kappa shape index (κ2) is 10.2. The fraction of sp³-hybridized carbons (Fsp3) is 0.321. The number of rotatable bonds is 7. The van der Waals surface area contributed by atoms with Crippen LogP contribution in [-0.2, 0) is 4.79 Å². The van der Waals surface area contributed by atoms with E-state index in [0.29, 0.717) is 42.9 Å². The molecule has 1 amide bonds. The number of carbonyl (C=O) groups is 1. The molecule has 0 aliphatic carbocycles. The number of ether oxygens (including phenoxy) is 1. The maximum atomic E-state index is 16.4. The number of hydrogen-bond acceptors (Lipinski definition) is 6. The lowest BCUT2D eigenvalue weighted by Gasteiger charge is -2.38. The highest BCUT2D eigenvalue weighted by Crippen LogP contribution is 2.41. The predicted molar refractivity (Wildman–Crippen MR) is 144 cm³/mol. The third-order valence-electron chi connectivity index (χ3n) is 7.21. The van der Waals surface area contributed by atoms with Crippen molar-refractivity contribution in [1.82, 2.24) is 19.8 Å². The molecule has 2 aliphatic rings. The Morgan fingerprint density at radius 1 is 1.00 bits per heavy atom. The van der Waals surface area contributed by atoms with Gasteiger partial charge in [-0.05, 0) is 22.4 Å². The molecule has 2 aliphatic heterocycles. The van der Waals surface area contributed by atoms with Crippen molar-refractivity contribution in [2.75, 3.05) is 57.3 Å². The first-order chi connectivity index (χ1) is 18.8. The number of fused-ring (bicyclic) bond motifs is 2. The van der Waals surface area contributed by atoms with Gasteiger partial charge < -0.3 is 14.5 Å². The van der Waals surface area contributed by atoms with Gasteiger partial charge in [-0.2, -0.15) is 9.97 Å². The van der Waals surface area contributed by atoms with Crippen LogP contribution >= 0.6 is 11.6 Å². The number of alkyl halides is 2. The Labute approximate surface area is 227 Å². The molecule has 2 fully saturated rings. The fourth-order valence-corrected chi connectivity index (χ4v) is 5.52. The minimum Gasteiger partial charge on any atom is -0.462 e. The summed E-state index contributed by atoms with van der Waals surface area (Å²) in [6.07, 6.45) is 0.802. The third kappa shape index (κ3) is 4.94. The van der Waals surface area contributed by atoms with E-state index < -0.39 is 11.7 Å². The highest BCUT2D eigenvalue weighted by molar-refractivity contribution is 6.35. The summed E-state index contributed by atoms with van der Waals surface area (Å²) in [4.78, 5) is 25.4. The molecule has 3 heterocycles. The van der Waals surface area contributed by atoms with Crippen LogP contribution in [-0.4, -0.2) is 84.5 Å². The van der Waals surface area contributed by atoms with Gasteiger partial charge in [0, 0.05) is 43.7 Å². The van der Waals surface area contributed by atoms with Crippen LogP contribution in [0.2, 0.25) is 5.02 Å². The summed E-state index contributed by atoms with van der Waals surface area (Å²) in [7, 11) is 0. The Balaban J connectivity index is 1.42. The van der Waals surface area contributed by atoms with E-state index in [-0.39, 0.29) is 48.4 Å². The Bertz CT molecular complexity index is 1550. The molecule has 0 spiro atoms. The summed E-state index contributed by atoms with van der Waals surface area (Å²) in [6, 6.07) is 14.9. The monoisotopic (exact) mass is 555 g/mol. The molecule has 0 atom stereocenters. The van der Waals surface area contributed by atoms with Gasteiger partial charge in [0.05, 0.1) is 18.1 Å². The zero-order valence-corrected chi connectivity index (χ0v) is 21.7. The van der Waals surface area contributed by atoms with Crippen molar-refractivity contribution in [2.24, 2.45) is 0 Å². The Kier molecular flexibility index (Phi) is 6.68. The lowest BCUT2D eigenvalue weighted by atomic mass is 9.96. The Morgan fingerprint density at radius 3 is 2.49 bits per heavy atom. The number of piperazine rings is 1. The van der Waals surface area contributed by atoms with Gasteiger partial charge in [-0.1, -0.05) is 54.1 Å². The summed E-state index contributed by atoms with van der Waals surface area (Å²) >= 11 is 6.74. The first-order valence-electron chi connectivity index (χ1n) is 12.7. The molecule has 11 heteroatoms. The maximum absolute atomic E-state index is 16.4. The summed E-state index contributed by atoms with van der Waals surface area (Å²) in [6.45, 7) is 1.65. The highest BCUT2D eigenvalue weighted by atomic mass is 35.5. The van der Waals surface area contributed by atoms with E-state index in [9.17, 15) is 13.6 Å². The van der Waals surface area contributed by atoms with Crippen molar-refractivity contribution in [1.29, 1.82) is 0 Å². The summed E-state index contributed by atoms with van der Waals surface area (Å²) < 4.78 is 48.5. The van der Waals surface area contributed by atoms with E-state index >= 15 is 4.39 Å². The van der Waals surface area contributed by atoms with E-state index in [2.05, 4.69) is 9.97 Å². The molecule has 202 valence electrons. The fourth-order valence-electron chi connectivity index (χ4n) is 5.23. The van der Waals surface area contributed by atoms with Gasteiger partial charge in [-0.3, -0.25) is 9.69 Å². The number of amides is 1. The number of benzene rings is 3. The van der Waals surface area contributed by atoms with Gasteiger partial charge >= 0.3 is 6.01 Å². The lowest BCUT2D eigenvalue weighted by molar-refractivity contribution is -0.132. The Morgan fingerprint density at radius 2 is 1.74 bits per heavy atom. The second-order valence-electron chi connectivity index (χ2n) is 9.84. The number of carbonyl (C=O) groups excluding carboxylic acids is 1. The molecule has 7 nitrogen and oxygen atoms in total. The zero-order chi connectivity index (χ0) is 27.1. The molecule has 6 rings (SSSR count). The summed E-state index contributed by atoms with van der Waals surface area (Å²) in [5.41, 5.74) is 0.916. The van der Waals surface area contributed by atoms with Crippen molar-refractivity contribution in [2.45, 2.75) is 5.92 Å². The normalized spacial score (nSPS) is 17.4. The molecule has 0 radical (unpaired) electrons. The minimum absolute atomic E-state index is 0.0484. The summed E-state index contributed by atoms with van der Waals surface area (Å²) in [5, 5.41) is 2.45. The van der Waals surface area contributed by atoms with E-state index in [0.717, 1.165) is 17.2 Å². The van der Waals surface area contributed by atoms with Crippen LogP contribution in [0.4, 0.5) is 19.0 Å². The predicted octanol–water partition coefficient (Wildman–Crippen LogP) is 4.85. The molecule has 2 saturated heterocycles. The van der Waals surface area contributed by atoms with Gasteiger partial charge in [0.15, 0.2) is 5.82 Å². The van der Waals surface area contributed by atoms with E-state index in [1.165, 1.54) is 0 Å². The van der Waals surface area contributed by atoms with Crippen molar-refractivity contribution >= 4 is 45.5 Å². The zero-order valence-electron chi connectivity index (χ0n) is 20.9. The van der Waals surface area contributed by atoms with Crippen LogP contribution in [0, 0.1) is 5.82 Å². The number of nitrogens with zero attached hydrogens (tertiary/aromatic N) is 5. The number of aromatic nitrogens is 2. The average Bonchev–Trinajstić information content (AvgIpc) is 2.92. The molecule has 0 N–H and O–H groups in total. The van der Waals surface area contributed by atoms with Crippen molar-refractivity contribution in [3.8, 4) is 17.1 Å². The average molecular weight is 556 g/mol. The molecule has 0 unspecified atom stereocenters. The van der Waals surface area contributed by atoms with Crippen LogP contribution in [0.3, 0.4) is 0 Å². The smallest absolute Gasteiger partial charge is 0.319 e. The molecule has 0 bridgehead atoms. The molecular weight excluding hydrogens is 531 g/mol. The SMILES string of the molecule is O=CN1CCN(c2nc(OCCN3CC(F)(F)C3)nc3c(F)c(-c4cccc5ccccc45)c(Cl)cc23)CC1. The number of likely N-dealkylation sites (tertiary alicyclic amines) is 1. The molecule has 4 aromatic rings. The first kappa shape index (κ1) is 25.6. The standard InChI is InChI=1S/C28H25ClF3N5O2/c29-22-14-21-25(24(30)23(22)20-7-3-5-18-4-1-2-6-19(18)20)33-27(39-13-12-36-15-28(31,32)16-36)34-26(21)37-10-8-35(17-38)9-11-37/h1-7,14,17H,8-13,15-16H2. The Hall–Kier alpha value is -3.63. The topological polar surface area (TPSA) is 61.8 Å². The van der Waals surface area contributed by atoms with E-state index in [4.69, 9.17) is 16.3 Å². The largest absolute Gasteiger partial charge is 0.462 e. The maximum Gasteiger partial charge on any atom is 0.319 e. The third-order valence-corrected chi connectivity index (χ3v) is 7.51. The van der Waals surface area contributed by atoms with E-state index in [1.54, 1.807) is 15.9 Å². The van der Waals surface area contributed by atoms with Crippen LogP contribution in [0.5, 0.6) is 6.01 Å². The van der Waals surface area contributed by atoms with Gasteiger partial charge in [0.25, 0.3) is 5.92 Å². The molecule has 39 heavy (non-hydrogen) atoms. The van der Waals surface area contributed by atoms with Crippen molar-refractivity contribution < 1.29 is 22.7 Å².